The molecule has 0 aliphatic carbocycles. The van der Waals surface area contributed by atoms with Crippen molar-refractivity contribution in [2.24, 2.45) is 0 Å². The molecule has 3 heteroatoms. The van der Waals surface area contributed by atoms with E-state index in [0.717, 1.165) is 22.2 Å². The highest BCUT2D eigenvalue weighted by molar-refractivity contribution is 5.91. The Morgan fingerprint density at radius 3 is 2.72 bits per heavy atom. The summed E-state index contributed by atoms with van der Waals surface area (Å²) in [5.74, 6) is -0.213. The van der Waals surface area contributed by atoms with Gasteiger partial charge in [0, 0.05) is 23.3 Å². The number of halogens is 1. The van der Waals surface area contributed by atoms with Crippen LogP contribution in [0, 0.1) is 12.7 Å². The van der Waals surface area contributed by atoms with Crippen LogP contribution in [-0.2, 0) is 0 Å². The number of aryl methyl sites for hydroxylation is 1. The van der Waals surface area contributed by atoms with Crippen molar-refractivity contribution in [2.45, 2.75) is 6.92 Å². The number of rotatable bonds is 1. The van der Waals surface area contributed by atoms with Crippen molar-refractivity contribution in [2.75, 3.05) is 0 Å². The molecule has 0 saturated carbocycles. The fourth-order valence-electron chi connectivity index (χ4n) is 1.97. The second kappa shape index (κ2) is 4.18. The van der Waals surface area contributed by atoms with Crippen molar-refractivity contribution in [3.05, 3.63) is 60.2 Å². The molecule has 0 aliphatic heterocycles. The van der Waals surface area contributed by atoms with Crippen molar-refractivity contribution in [1.82, 2.24) is 9.97 Å². The van der Waals surface area contributed by atoms with Crippen molar-refractivity contribution in [3.63, 3.8) is 0 Å². The SMILES string of the molecule is Cc1ccc(-c2nccc3ncccc23)cc1F. The molecular weight excluding hydrogens is 227 g/mol. The third-order valence-electron chi connectivity index (χ3n) is 2.97. The van der Waals surface area contributed by atoms with E-state index in [0.29, 0.717) is 5.56 Å². The Morgan fingerprint density at radius 2 is 1.89 bits per heavy atom. The number of benzene rings is 1. The van der Waals surface area contributed by atoms with Gasteiger partial charge in [-0.25, -0.2) is 4.39 Å². The number of fused-ring (bicyclic) bond motifs is 1. The molecule has 2 aromatic heterocycles. The minimum atomic E-state index is -0.213. The predicted molar refractivity (Wildman–Crippen MR) is 69.7 cm³/mol. The molecular formula is C15H11FN2. The van der Waals surface area contributed by atoms with Crippen molar-refractivity contribution in [3.8, 4) is 11.3 Å². The average Bonchev–Trinajstić information content (AvgIpc) is 2.41. The molecule has 0 amide bonds. The molecule has 0 N–H and O–H groups in total. The lowest BCUT2D eigenvalue weighted by atomic mass is 10.0. The van der Waals surface area contributed by atoms with E-state index in [1.165, 1.54) is 6.07 Å². The summed E-state index contributed by atoms with van der Waals surface area (Å²) in [5.41, 5.74) is 3.04. The minimum absolute atomic E-state index is 0.213. The first-order valence-corrected chi connectivity index (χ1v) is 5.72. The lowest BCUT2D eigenvalue weighted by Gasteiger charge is -2.06. The summed E-state index contributed by atoms with van der Waals surface area (Å²) < 4.78 is 13.6. The van der Waals surface area contributed by atoms with Gasteiger partial charge in [0.2, 0.25) is 0 Å². The number of hydrogen-bond donors (Lipinski definition) is 0. The third-order valence-corrected chi connectivity index (χ3v) is 2.97. The maximum absolute atomic E-state index is 13.6. The fraction of sp³-hybridized carbons (Fsp3) is 0.0667. The number of nitrogens with zero attached hydrogens (tertiary/aromatic N) is 2. The van der Waals surface area contributed by atoms with Crippen LogP contribution in [-0.4, -0.2) is 9.97 Å². The molecule has 0 unspecified atom stereocenters. The first-order valence-electron chi connectivity index (χ1n) is 5.72. The van der Waals surface area contributed by atoms with Crippen LogP contribution < -0.4 is 0 Å². The van der Waals surface area contributed by atoms with Gasteiger partial charge in [0.05, 0.1) is 11.2 Å². The van der Waals surface area contributed by atoms with Gasteiger partial charge in [-0.15, -0.1) is 0 Å². The van der Waals surface area contributed by atoms with Crippen molar-refractivity contribution in [1.29, 1.82) is 0 Å². The van der Waals surface area contributed by atoms with Crippen molar-refractivity contribution < 1.29 is 4.39 Å². The van der Waals surface area contributed by atoms with Crippen LogP contribution in [0.3, 0.4) is 0 Å². The third kappa shape index (κ3) is 1.74. The van der Waals surface area contributed by atoms with Crippen LogP contribution in [0.4, 0.5) is 4.39 Å². The van der Waals surface area contributed by atoms with E-state index in [1.807, 2.05) is 24.3 Å². The summed E-state index contributed by atoms with van der Waals surface area (Å²) in [7, 11) is 0. The van der Waals surface area contributed by atoms with E-state index in [2.05, 4.69) is 9.97 Å². The van der Waals surface area contributed by atoms with Crippen LogP contribution >= 0.6 is 0 Å². The van der Waals surface area contributed by atoms with Gasteiger partial charge in [0.25, 0.3) is 0 Å². The zero-order valence-electron chi connectivity index (χ0n) is 9.89. The molecule has 3 rings (SSSR count). The Balaban J connectivity index is 2.28. The van der Waals surface area contributed by atoms with Crippen LogP contribution in [0.2, 0.25) is 0 Å². The topological polar surface area (TPSA) is 25.8 Å². The van der Waals surface area contributed by atoms with E-state index in [4.69, 9.17) is 0 Å². The summed E-state index contributed by atoms with van der Waals surface area (Å²) in [4.78, 5) is 8.61. The van der Waals surface area contributed by atoms with Gasteiger partial charge in [-0.3, -0.25) is 9.97 Å². The predicted octanol–water partition coefficient (Wildman–Crippen LogP) is 3.74. The first-order chi connectivity index (χ1) is 8.75. The number of pyridine rings is 2. The molecule has 0 fully saturated rings. The summed E-state index contributed by atoms with van der Waals surface area (Å²) >= 11 is 0. The summed E-state index contributed by atoms with van der Waals surface area (Å²) in [6.07, 6.45) is 3.43. The Morgan fingerprint density at radius 1 is 1.00 bits per heavy atom. The molecule has 0 saturated heterocycles. The number of aromatic nitrogens is 2. The van der Waals surface area contributed by atoms with Crippen LogP contribution in [0.15, 0.2) is 48.8 Å². The van der Waals surface area contributed by atoms with E-state index < -0.39 is 0 Å². The first kappa shape index (κ1) is 10.8. The zero-order chi connectivity index (χ0) is 12.5. The summed E-state index contributed by atoms with van der Waals surface area (Å²) in [6.45, 7) is 1.75. The summed E-state index contributed by atoms with van der Waals surface area (Å²) in [5, 5.41) is 0.934. The standard InChI is InChI=1S/C15H11FN2/c1-10-4-5-11(9-13(10)16)15-12-3-2-7-17-14(12)6-8-18-15/h2-9H,1H3. The van der Waals surface area contributed by atoms with Crippen molar-refractivity contribution >= 4 is 10.9 Å². The largest absolute Gasteiger partial charge is 0.256 e. The molecule has 2 heterocycles. The van der Waals surface area contributed by atoms with Gasteiger partial charge in [-0.1, -0.05) is 12.1 Å². The summed E-state index contributed by atoms with van der Waals surface area (Å²) in [6, 6.07) is 10.8. The maximum Gasteiger partial charge on any atom is 0.126 e. The van der Waals surface area contributed by atoms with Gasteiger partial charge in [0.1, 0.15) is 5.82 Å². The Labute approximate surface area is 104 Å². The maximum atomic E-state index is 13.6. The molecule has 0 radical (unpaired) electrons. The van der Waals surface area contributed by atoms with Gasteiger partial charge >= 0.3 is 0 Å². The van der Waals surface area contributed by atoms with Crippen LogP contribution in [0.5, 0.6) is 0 Å². The fourth-order valence-corrected chi connectivity index (χ4v) is 1.97. The molecule has 0 spiro atoms. The minimum Gasteiger partial charge on any atom is -0.256 e. The molecule has 18 heavy (non-hydrogen) atoms. The molecule has 0 bridgehead atoms. The van der Waals surface area contributed by atoms with E-state index in [-0.39, 0.29) is 5.82 Å². The lowest BCUT2D eigenvalue weighted by Crippen LogP contribution is -1.89. The van der Waals surface area contributed by atoms with E-state index in [1.54, 1.807) is 25.4 Å². The number of hydrogen-bond acceptors (Lipinski definition) is 2. The monoisotopic (exact) mass is 238 g/mol. The molecule has 0 aliphatic rings. The highest BCUT2D eigenvalue weighted by Gasteiger charge is 2.07. The van der Waals surface area contributed by atoms with Gasteiger partial charge in [0.15, 0.2) is 0 Å². The quantitative estimate of drug-likeness (QED) is 0.645. The lowest BCUT2D eigenvalue weighted by molar-refractivity contribution is 0.619. The van der Waals surface area contributed by atoms with Crippen LogP contribution in [0.1, 0.15) is 5.56 Å². The molecule has 2 nitrogen and oxygen atoms in total. The molecule has 88 valence electrons. The zero-order valence-corrected chi connectivity index (χ0v) is 9.89. The second-order valence-corrected chi connectivity index (χ2v) is 4.19. The van der Waals surface area contributed by atoms with Gasteiger partial charge in [-0.2, -0.15) is 0 Å². The molecule has 1 aromatic carbocycles. The van der Waals surface area contributed by atoms with Gasteiger partial charge < -0.3 is 0 Å². The second-order valence-electron chi connectivity index (χ2n) is 4.19. The highest BCUT2D eigenvalue weighted by Crippen LogP contribution is 2.26. The molecule has 3 aromatic rings. The van der Waals surface area contributed by atoms with Crippen LogP contribution in [0.25, 0.3) is 22.2 Å². The van der Waals surface area contributed by atoms with Gasteiger partial charge in [-0.05, 0) is 36.8 Å². The average molecular weight is 238 g/mol. The molecule has 0 atom stereocenters. The Kier molecular flexibility index (Phi) is 2.52. The highest BCUT2D eigenvalue weighted by atomic mass is 19.1. The Bertz CT molecular complexity index is 717. The smallest absolute Gasteiger partial charge is 0.126 e. The Hall–Kier alpha value is -2.29. The van der Waals surface area contributed by atoms with E-state index >= 15 is 0 Å². The normalized spacial score (nSPS) is 10.8. The van der Waals surface area contributed by atoms with E-state index in [9.17, 15) is 4.39 Å².